The first-order valence-electron chi connectivity index (χ1n) is 3.47. The number of carbonyl (C=O) groups excluding carboxylic acids is 1. The lowest BCUT2D eigenvalue weighted by Gasteiger charge is -2.10. The Morgan fingerprint density at radius 3 is 2.42 bits per heavy atom. The van der Waals surface area contributed by atoms with Gasteiger partial charge in [0.05, 0.1) is 6.61 Å². The predicted molar refractivity (Wildman–Crippen MR) is 39.7 cm³/mol. The Morgan fingerprint density at radius 2 is 2.08 bits per heavy atom. The molecule has 1 N–H and O–H groups in total. The normalized spacial score (nSPS) is 12.2. The highest BCUT2D eigenvalue weighted by Crippen LogP contribution is 1.99. The minimum Gasteiger partial charge on any atom is -0.479 e. The van der Waals surface area contributed by atoms with E-state index in [4.69, 9.17) is 5.11 Å². The van der Waals surface area contributed by atoms with Gasteiger partial charge < -0.3 is 14.6 Å². The molecule has 0 bridgehead atoms. The summed E-state index contributed by atoms with van der Waals surface area (Å²) in [6.45, 7) is 1.42. The van der Waals surface area contributed by atoms with Crippen LogP contribution in [0.15, 0.2) is 0 Å². The summed E-state index contributed by atoms with van der Waals surface area (Å²) < 4.78 is 9.14. The minimum absolute atomic E-state index is 0.172. The van der Waals surface area contributed by atoms with E-state index in [1.54, 1.807) is 0 Å². The maximum absolute atomic E-state index is 10.4. The van der Waals surface area contributed by atoms with Crippen LogP contribution in [-0.4, -0.2) is 36.9 Å². The molecule has 0 fully saturated rings. The summed E-state index contributed by atoms with van der Waals surface area (Å²) in [4.78, 5) is 20.8. The fraction of sp³-hybridized carbons (Fsp3) is 0.714. The highest BCUT2D eigenvalue weighted by molar-refractivity contribution is 5.76. The fourth-order valence-corrected chi connectivity index (χ4v) is 0.658. The quantitative estimate of drug-likeness (QED) is 0.598. The molecule has 0 aromatic heterocycles. The van der Waals surface area contributed by atoms with Crippen LogP contribution in [0.25, 0.3) is 0 Å². The monoisotopic (exact) mass is 176 g/mol. The van der Waals surface area contributed by atoms with Crippen LogP contribution in [-0.2, 0) is 19.1 Å². The molecule has 0 amide bonds. The van der Waals surface area contributed by atoms with E-state index < -0.39 is 18.0 Å². The molecule has 0 heterocycles. The number of esters is 1. The first-order valence-corrected chi connectivity index (χ1v) is 3.47. The molecule has 1 atom stereocenters. The second-order valence-electron chi connectivity index (χ2n) is 2.22. The van der Waals surface area contributed by atoms with Gasteiger partial charge in [-0.25, -0.2) is 4.79 Å². The molecule has 0 aliphatic rings. The summed E-state index contributed by atoms with van der Waals surface area (Å²) in [5.74, 6) is -1.75. The van der Waals surface area contributed by atoms with E-state index in [0.717, 1.165) is 0 Å². The number of hydrogen-bond acceptors (Lipinski definition) is 4. The minimum atomic E-state index is -1.15. The summed E-state index contributed by atoms with van der Waals surface area (Å²) in [5, 5.41) is 8.52. The van der Waals surface area contributed by atoms with Gasteiger partial charge in [-0.2, -0.15) is 0 Å². The van der Waals surface area contributed by atoms with Crippen molar-refractivity contribution in [2.45, 2.75) is 19.4 Å². The number of rotatable bonds is 5. The summed E-state index contributed by atoms with van der Waals surface area (Å²) in [7, 11) is 1.45. The lowest BCUT2D eigenvalue weighted by atomic mass is 10.3. The van der Waals surface area contributed by atoms with Crippen molar-refractivity contribution < 1.29 is 24.2 Å². The predicted octanol–water partition coefficient (Wildman–Crippen LogP) is 0.0392. The number of carboxylic acid groups (broad SMARTS) is 1. The van der Waals surface area contributed by atoms with Crippen LogP contribution in [0, 0.1) is 0 Å². The largest absolute Gasteiger partial charge is 0.479 e. The Hall–Kier alpha value is -1.10. The standard InChI is InChI=1S/C7H12O5/c1-5(8)12-6(7(9)10)3-4-11-2/h6H,3-4H2,1-2H3,(H,9,10)/t6-/m0/s1. The SMILES string of the molecule is COCC[C@H](OC(C)=O)C(=O)O. The zero-order valence-corrected chi connectivity index (χ0v) is 7.07. The van der Waals surface area contributed by atoms with E-state index in [1.807, 2.05) is 0 Å². The van der Waals surface area contributed by atoms with Gasteiger partial charge in [0, 0.05) is 20.5 Å². The van der Waals surface area contributed by atoms with Crippen LogP contribution < -0.4 is 0 Å². The summed E-state index contributed by atoms with van der Waals surface area (Å²) >= 11 is 0. The molecule has 0 radical (unpaired) electrons. The Morgan fingerprint density at radius 1 is 1.50 bits per heavy atom. The molecule has 0 aliphatic carbocycles. The molecule has 0 saturated heterocycles. The van der Waals surface area contributed by atoms with Gasteiger partial charge in [0.1, 0.15) is 0 Å². The molecular formula is C7H12O5. The average molecular weight is 176 g/mol. The van der Waals surface area contributed by atoms with Gasteiger partial charge in [-0.1, -0.05) is 0 Å². The summed E-state index contributed by atoms with van der Waals surface area (Å²) in [6.07, 6.45) is -0.923. The van der Waals surface area contributed by atoms with Crippen LogP contribution in [0.1, 0.15) is 13.3 Å². The third-order valence-electron chi connectivity index (χ3n) is 1.17. The maximum atomic E-state index is 10.4. The summed E-state index contributed by atoms with van der Waals surface area (Å²) in [6, 6.07) is 0. The van der Waals surface area contributed by atoms with Crippen molar-refractivity contribution in [3.8, 4) is 0 Å². The van der Waals surface area contributed by atoms with Crippen molar-refractivity contribution >= 4 is 11.9 Å². The van der Waals surface area contributed by atoms with Crippen molar-refractivity contribution in [3.63, 3.8) is 0 Å². The zero-order valence-electron chi connectivity index (χ0n) is 7.07. The molecule has 0 spiro atoms. The molecule has 0 unspecified atom stereocenters. The van der Waals surface area contributed by atoms with E-state index >= 15 is 0 Å². The smallest absolute Gasteiger partial charge is 0.345 e. The van der Waals surface area contributed by atoms with E-state index in [0.29, 0.717) is 0 Å². The van der Waals surface area contributed by atoms with Crippen LogP contribution in [0.3, 0.4) is 0 Å². The van der Waals surface area contributed by atoms with Gasteiger partial charge in [0.25, 0.3) is 0 Å². The van der Waals surface area contributed by atoms with Crippen molar-refractivity contribution in [3.05, 3.63) is 0 Å². The number of methoxy groups -OCH3 is 1. The Kier molecular flexibility index (Phi) is 5.03. The number of carboxylic acids is 1. The molecule has 70 valence electrons. The first-order chi connectivity index (χ1) is 5.57. The third kappa shape index (κ3) is 4.68. The molecule has 0 rings (SSSR count). The fourth-order valence-electron chi connectivity index (χ4n) is 0.658. The molecule has 12 heavy (non-hydrogen) atoms. The third-order valence-corrected chi connectivity index (χ3v) is 1.17. The molecule has 5 nitrogen and oxygen atoms in total. The van der Waals surface area contributed by atoms with E-state index in [9.17, 15) is 9.59 Å². The molecule has 0 aliphatic heterocycles. The van der Waals surface area contributed by atoms with Gasteiger partial charge in [-0.15, -0.1) is 0 Å². The second kappa shape index (κ2) is 5.54. The van der Waals surface area contributed by atoms with Crippen LogP contribution in [0.5, 0.6) is 0 Å². The zero-order chi connectivity index (χ0) is 9.56. The number of aliphatic carboxylic acids is 1. The maximum Gasteiger partial charge on any atom is 0.345 e. The average Bonchev–Trinajstić information content (AvgIpc) is 1.96. The molecule has 0 aromatic rings. The van der Waals surface area contributed by atoms with Gasteiger partial charge in [-0.05, 0) is 0 Å². The van der Waals surface area contributed by atoms with Gasteiger partial charge >= 0.3 is 11.9 Å². The van der Waals surface area contributed by atoms with Crippen molar-refractivity contribution in [1.29, 1.82) is 0 Å². The number of carbonyl (C=O) groups is 2. The van der Waals surface area contributed by atoms with E-state index in [2.05, 4.69) is 9.47 Å². The van der Waals surface area contributed by atoms with Crippen molar-refractivity contribution in [2.75, 3.05) is 13.7 Å². The molecule has 0 saturated carbocycles. The molecule has 0 aromatic carbocycles. The van der Waals surface area contributed by atoms with E-state index in [-0.39, 0.29) is 13.0 Å². The van der Waals surface area contributed by atoms with Crippen LogP contribution >= 0.6 is 0 Å². The Balaban J connectivity index is 3.87. The highest BCUT2D eigenvalue weighted by Gasteiger charge is 2.19. The molecule has 5 heteroatoms. The Labute approximate surface area is 70.3 Å². The Bertz CT molecular complexity index is 165. The van der Waals surface area contributed by atoms with Crippen LogP contribution in [0.2, 0.25) is 0 Å². The first kappa shape index (κ1) is 10.9. The summed E-state index contributed by atoms with van der Waals surface area (Å²) in [5.41, 5.74) is 0. The number of hydrogen-bond donors (Lipinski definition) is 1. The van der Waals surface area contributed by atoms with Crippen LogP contribution in [0.4, 0.5) is 0 Å². The van der Waals surface area contributed by atoms with Gasteiger partial charge in [0.2, 0.25) is 6.10 Å². The lowest BCUT2D eigenvalue weighted by molar-refractivity contribution is -0.163. The van der Waals surface area contributed by atoms with Gasteiger partial charge in [-0.3, -0.25) is 4.79 Å². The second-order valence-corrected chi connectivity index (χ2v) is 2.22. The number of ether oxygens (including phenoxy) is 2. The lowest BCUT2D eigenvalue weighted by Crippen LogP contribution is -2.27. The topological polar surface area (TPSA) is 72.8 Å². The van der Waals surface area contributed by atoms with E-state index in [1.165, 1.54) is 14.0 Å². The van der Waals surface area contributed by atoms with Gasteiger partial charge in [0.15, 0.2) is 0 Å². The highest BCUT2D eigenvalue weighted by atomic mass is 16.6. The van der Waals surface area contributed by atoms with Crippen molar-refractivity contribution in [1.82, 2.24) is 0 Å². The molecular weight excluding hydrogens is 164 g/mol. The van der Waals surface area contributed by atoms with Crippen molar-refractivity contribution in [2.24, 2.45) is 0 Å².